The van der Waals surface area contributed by atoms with Gasteiger partial charge in [0.2, 0.25) is 17.8 Å². The minimum Gasteiger partial charge on any atom is -0.497 e. The number of benzene rings is 2. The van der Waals surface area contributed by atoms with Gasteiger partial charge in [-0.05, 0) is 36.4 Å². The van der Waals surface area contributed by atoms with E-state index in [2.05, 4.69) is 25.9 Å². The summed E-state index contributed by atoms with van der Waals surface area (Å²) in [6.45, 7) is 0. The van der Waals surface area contributed by atoms with E-state index in [9.17, 15) is 14.4 Å². The molecule has 0 aliphatic carbocycles. The third-order valence-corrected chi connectivity index (χ3v) is 4.99. The lowest BCUT2D eigenvalue weighted by Crippen LogP contribution is -2.36. The smallest absolute Gasteiger partial charge is 0.258 e. The third-order valence-electron chi connectivity index (χ3n) is 4.99. The lowest BCUT2D eigenvalue weighted by molar-refractivity contribution is -0.123. The number of rotatable bonds is 6. The van der Waals surface area contributed by atoms with Crippen molar-refractivity contribution >= 4 is 35.0 Å². The average Bonchev–Trinajstić information content (AvgIpc) is 2.79. The number of hydrogen-bond acceptors (Lipinski definition) is 7. The van der Waals surface area contributed by atoms with Crippen LogP contribution in [0.15, 0.2) is 53.3 Å². The number of fused-ring (bicyclic) bond motifs is 1. The first-order valence-electron chi connectivity index (χ1n) is 9.77. The van der Waals surface area contributed by atoms with Gasteiger partial charge < -0.3 is 25.4 Å². The number of ether oxygens (including phenoxy) is 2. The van der Waals surface area contributed by atoms with Crippen LogP contribution in [0.4, 0.5) is 23.1 Å². The lowest BCUT2D eigenvalue weighted by atomic mass is 9.92. The maximum Gasteiger partial charge on any atom is 0.258 e. The summed E-state index contributed by atoms with van der Waals surface area (Å²) in [5, 5.41) is 8.28. The molecule has 32 heavy (non-hydrogen) atoms. The van der Waals surface area contributed by atoms with Crippen molar-refractivity contribution in [2.75, 3.05) is 30.2 Å². The van der Waals surface area contributed by atoms with Crippen molar-refractivity contribution in [1.82, 2.24) is 9.97 Å². The zero-order valence-corrected chi connectivity index (χ0v) is 17.4. The molecule has 1 atom stereocenters. The Labute approximate surface area is 183 Å². The monoisotopic (exact) mass is 435 g/mol. The van der Waals surface area contributed by atoms with Crippen molar-refractivity contribution in [3.8, 4) is 11.5 Å². The standard InChI is InChI=1S/C22H21N5O5/c1-31-13-9-7-12(8-10-13)23-20(29)14-11-17(28)25-19-18(14)21(30)27-22(26-19)24-15-5-3-4-6-16(15)32-2/h3-10,14H,11H2,1-2H3,(H,23,29)(H3,24,25,26,27,28,30). The van der Waals surface area contributed by atoms with E-state index in [0.29, 0.717) is 22.9 Å². The minimum absolute atomic E-state index is 0.0391. The van der Waals surface area contributed by atoms with Gasteiger partial charge in [-0.15, -0.1) is 0 Å². The Morgan fingerprint density at radius 2 is 1.81 bits per heavy atom. The summed E-state index contributed by atoms with van der Waals surface area (Å²) >= 11 is 0. The predicted molar refractivity (Wildman–Crippen MR) is 119 cm³/mol. The Bertz CT molecular complexity index is 1220. The van der Waals surface area contributed by atoms with Crippen molar-refractivity contribution in [2.45, 2.75) is 12.3 Å². The molecular formula is C22H21N5O5. The van der Waals surface area contributed by atoms with Crippen LogP contribution in [0.25, 0.3) is 0 Å². The van der Waals surface area contributed by atoms with E-state index in [1.807, 2.05) is 0 Å². The summed E-state index contributed by atoms with van der Waals surface area (Å²) < 4.78 is 10.4. The number of H-pyrrole nitrogens is 1. The molecule has 0 radical (unpaired) electrons. The number of carbonyl (C=O) groups is 2. The highest BCUT2D eigenvalue weighted by Gasteiger charge is 2.34. The second-order valence-electron chi connectivity index (χ2n) is 7.02. The fraction of sp³-hybridized carbons (Fsp3) is 0.182. The number of para-hydroxylation sites is 2. The first kappa shape index (κ1) is 20.9. The number of amides is 2. The second-order valence-corrected chi connectivity index (χ2v) is 7.02. The number of anilines is 4. The maximum absolute atomic E-state index is 12.9. The molecule has 0 saturated carbocycles. The van der Waals surface area contributed by atoms with Gasteiger partial charge in [0.25, 0.3) is 5.56 Å². The van der Waals surface area contributed by atoms with Crippen LogP contribution in [0.3, 0.4) is 0 Å². The fourth-order valence-corrected chi connectivity index (χ4v) is 3.43. The fourth-order valence-electron chi connectivity index (χ4n) is 3.43. The van der Waals surface area contributed by atoms with Crippen LogP contribution in [0, 0.1) is 0 Å². The molecule has 0 spiro atoms. The van der Waals surface area contributed by atoms with E-state index in [0.717, 1.165) is 0 Å². The molecule has 10 nitrogen and oxygen atoms in total. The third kappa shape index (κ3) is 4.24. The normalized spacial score (nSPS) is 14.7. The van der Waals surface area contributed by atoms with Gasteiger partial charge in [-0.2, -0.15) is 4.98 Å². The van der Waals surface area contributed by atoms with Gasteiger partial charge in [0, 0.05) is 12.1 Å². The number of carbonyl (C=O) groups excluding carboxylic acids is 2. The summed E-state index contributed by atoms with van der Waals surface area (Å²) in [6.07, 6.45) is -0.168. The summed E-state index contributed by atoms with van der Waals surface area (Å²) in [5.41, 5.74) is 0.666. The molecule has 0 fully saturated rings. The zero-order valence-electron chi connectivity index (χ0n) is 17.4. The van der Waals surface area contributed by atoms with Gasteiger partial charge in [0.05, 0.1) is 31.4 Å². The number of hydrogen-bond donors (Lipinski definition) is 4. The largest absolute Gasteiger partial charge is 0.497 e. The highest BCUT2D eigenvalue weighted by molar-refractivity contribution is 6.04. The van der Waals surface area contributed by atoms with E-state index in [-0.39, 0.29) is 23.8 Å². The van der Waals surface area contributed by atoms with Crippen molar-refractivity contribution in [3.63, 3.8) is 0 Å². The summed E-state index contributed by atoms with van der Waals surface area (Å²) in [5.74, 6) is -0.544. The van der Waals surface area contributed by atoms with Gasteiger partial charge in [-0.25, -0.2) is 0 Å². The highest BCUT2D eigenvalue weighted by atomic mass is 16.5. The molecular weight excluding hydrogens is 414 g/mol. The van der Waals surface area contributed by atoms with Gasteiger partial charge in [-0.1, -0.05) is 12.1 Å². The molecule has 4 rings (SSSR count). The Hall–Kier alpha value is -4.34. The van der Waals surface area contributed by atoms with Crippen LogP contribution < -0.4 is 31.0 Å². The Kier molecular flexibility index (Phi) is 5.75. The topological polar surface area (TPSA) is 134 Å². The number of aromatic amines is 1. The Balaban J connectivity index is 1.62. The molecule has 0 bridgehead atoms. The van der Waals surface area contributed by atoms with Crippen molar-refractivity contribution < 1.29 is 19.1 Å². The van der Waals surface area contributed by atoms with E-state index < -0.39 is 23.3 Å². The van der Waals surface area contributed by atoms with E-state index in [1.165, 1.54) is 7.11 Å². The number of aromatic nitrogens is 2. The van der Waals surface area contributed by atoms with Gasteiger partial charge >= 0.3 is 0 Å². The molecule has 4 N–H and O–H groups in total. The van der Waals surface area contributed by atoms with E-state index in [1.54, 1.807) is 55.6 Å². The molecule has 1 unspecified atom stereocenters. The summed E-state index contributed by atoms with van der Waals surface area (Å²) in [7, 11) is 3.07. The number of methoxy groups -OCH3 is 2. The Morgan fingerprint density at radius 3 is 2.53 bits per heavy atom. The van der Waals surface area contributed by atoms with Crippen LogP contribution in [-0.4, -0.2) is 36.0 Å². The predicted octanol–water partition coefficient (Wildman–Crippen LogP) is 2.60. The molecule has 164 valence electrons. The van der Waals surface area contributed by atoms with Crippen LogP contribution in [0.1, 0.15) is 17.9 Å². The van der Waals surface area contributed by atoms with Gasteiger partial charge in [-0.3, -0.25) is 19.4 Å². The molecule has 1 aromatic heterocycles. The van der Waals surface area contributed by atoms with Crippen LogP contribution in [0.5, 0.6) is 11.5 Å². The molecule has 2 amide bonds. The molecule has 0 saturated heterocycles. The minimum atomic E-state index is -0.989. The quantitative estimate of drug-likeness (QED) is 0.467. The van der Waals surface area contributed by atoms with E-state index in [4.69, 9.17) is 9.47 Å². The molecule has 3 aromatic rings. The second kappa shape index (κ2) is 8.80. The van der Waals surface area contributed by atoms with Crippen LogP contribution in [-0.2, 0) is 9.59 Å². The van der Waals surface area contributed by atoms with Crippen molar-refractivity contribution in [1.29, 1.82) is 0 Å². The van der Waals surface area contributed by atoms with Crippen molar-refractivity contribution in [2.24, 2.45) is 0 Å². The van der Waals surface area contributed by atoms with Crippen LogP contribution in [0.2, 0.25) is 0 Å². The van der Waals surface area contributed by atoms with Crippen molar-refractivity contribution in [3.05, 3.63) is 64.4 Å². The lowest BCUT2D eigenvalue weighted by Gasteiger charge is -2.23. The van der Waals surface area contributed by atoms with E-state index >= 15 is 0 Å². The maximum atomic E-state index is 12.9. The average molecular weight is 435 g/mol. The van der Waals surface area contributed by atoms with Crippen LogP contribution >= 0.6 is 0 Å². The first-order chi connectivity index (χ1) is 15.5. The molecule has 2 heterocycles. The molecule has 1 aliphatic heterocycles. The first-order valence-corrected chi connectivity index (χ1v) is 9.77. The summed E-state index contributed by atoms with van der Waals surface area (Å²) in [6, 6.07) is 13.8. The molecule has 1 aliphatic rings. The number of nitrogens with one attached hydrogen (secondary N) is 4. The molecule has 2 aromatic carbocycles. The zero-order chi connectivity index (χ0) is 22.7. The molecule has 10 heteroatoms. The van der Waals surface area contributed by atoms with Gasteiger partial charge in [0.1, 0.15) is 17.3 Å². The summed E-state index contributed by atoms with van der Waals surface area (Å²) in [4.78, 5) is 45.0. The SMILES string of the molecule is COc1ccc(NC(=O)C2CC(=O)Nc3nc(Nc4ccccc4OC)[nH]c(=O)c32)cc1. The van der Waals surface area contributed by atoms with Gasteiger partial charge in [0.15, 0.2) is 0 Å². The highest BCUT2D eigenvalue weighted by Crippen LogP contribution is 2.31. The Morgan fingerprint density at radius 1 is 1.06 bits per heavy atom. The number of nitrogens with zero attached hydrogens (tertiary/aromatic N) is 1.